The number of aromatic amines is 1. The van der Waals surface area contributed by atoms with Crippen LogP contribution in [0.15, 0.2) is 30.5 Å². The van der Waals surface area contributed by atoms with Gasteiger partial charge in [0.15, 0.2) is 0 Å². The fourth-order valence-corrected chi connectivity index (χ4v) is 1.98. The Kier molecular flexibility index (Phi) is 4.17. The van der Waals surface area contributed by atoms with Crippen LogP contribution >= 0.6 is 0 Å². The number of nitrogens with zero attached hydrogens (tertiary/aromatic N) is 1. The maximum absolute atomic E-state index is 8.42. The number of nitrogens with one attached hydrogen (secondary N) is 2. The number of unbranched alkanes of at least 4 members (excludes halogenated alkanes) is 2. The van der Waals surface area contributed by atoms with Crippen molar-refractivity contribution in [2.24, 2.45) is 0 Å². The molecule has 1 aromatic carbocycles. The molecule has 0 amide bonds. The van der Waals surface area contributed by atoms with Crippen LogP contribution in [0.2, 0.25) is 0 Å². The number of benzene rings is 1. The van der Waals surface area contributed by atoms with Crippen molar-refractivity contribution < 1.29 is 0 Å². The molecule has 2 N–H and O–H groups in total. The Morgan fingerprint density at radius 3 is 3.06 bits per heavy atom. The Balaban J connectivity index is 1.83. The van der Waals surface area contributed by atoms with Crippen molar-refractivity contribution in [3.63, 3.8) is 0 Å². The zero-order chi connectivity index (χ0) is 11.9. The fraction of sp³-hybridized carbons (Fsp3) is 0.357. The Labute approximate surface area is 101 Å². The highest BCUT2D eigenvalue weighted by atomic mass is 14.8. The van der Waals surface area contributed by atoms with Crippen LogP contribution in [0, 0.1) is 11.3 Å². The van der Waals surface area contributed by atoms with Crippen molar-refractivity contribution in [3.8, 4) is 6.07 Å². The Hall–Kier alpha value is -1.79. The summed E-state index contributed by atoms with van der Waals surface area (Å²) in [6, 6.07) is 10.6. The van der Waals surface area contributed by atoms with Crippen LogP contribution in [0.25, 0.3) is 10.9 Å². The molecule has 3 nitrogen and oxygen atoms in total. The number of hydrogen-bond donors (Lipinski definition) is 2. The van der Waals surface area contributed by atoms with Gasteiger partial charge in [-0.2, -0.15) is 5.26 Å². The summed E-state index contributed by atoms with van der Waals surface area (Å²) in [5, 5.41) is 13.1. The fourth-order valence-electron chi connectivity index (χ4n) is 1.98. The summed E-state index contributed by atoms with van der Waals surface area (Å²) in [6.45, 7) is 1.87. The van der Waals surface area contributed by atoms with Gasteiger partial charge in [0.25, 0.3) is 0 Å². The SMILES string of the molecule is N#CCCCCNCc1cccc2[nH]ccc12. The molecule has 0 fully saturated rings. The summed E-state index contributed by atoms with van der Waals surface area (Å²) in [4.78, 5) is 3.21. The molecular formula is C14H17N3. The van der Waals surface area contributed by atoms with E-state index >= 15 is 0 Å². The second-order valence-electron chi connectivity index (χ2n) is 4.15. The van der Waals surface area contributed by atoms with Crippen LogP contribution in [0.4, 0.5) is 0 Å². The molecule has 3 heteroatoms. The summed E-state index contributed by atoms with van der Waals surface area (Å²) < 4.78 is 0. The average molecular weight is 227 g/mol. The quantitative estimate of drug-likeness (QED) is 0.745. The molecule has 2 aromatic rings. The van der Waals surface area contributed by atoms with Crippen LogP contribution in [-0.4, -0.2) is 11.5 Å². The molecule has 2 rings (SSSR count). The topological polar surface area (TPSA) is 51.6 Å². The van der Waals surface area contributed by atoms with Crippen LogP contribution in [0.5, 0.6) is 0 Å². The highest BCUT2D eigenvalue weighted by Gasteiger charge is 2.00. The van der Waals surface area contributed by atoms with Gasteiger partial charge in [0.2, 0.25) is 0 Å². The Morgan fingerprint density at radius 1 is 1.24 bits per heavy atom. The zero-order valence-corrected chi connectivity index (χ0v) is 9.87. The molecule has 1 heterocycles. The van der Waals surface area contributed by atoms with E-state index in [1.165, 1.54) is 16.5 Å². The van der Waals surface area contributed by atoms with Gasteiger partial charge < -0.3 is 10.3 Å². The van der Waals surface area contributed by atoms with Gasteiger partial charge in [0, 0.05) is 30.1 Å². The molecule has 0 saturated carbocycles. The number of nitriles is 1. The predicted octanol–water partition coefficient (Wildman–Crippen LogP) is 2.95. The minimum Gasteiger partial charge on any atom is -0.361 e. The highest BCUT2D eigenvalue weighted by molar-refractivity contribution is 5.82. The molecule has 88 valence electrons. The first kappa shape index (κ1) is 11.7. The monoisotopic (exact) mass is 227 g/mol. The summed E-state index contributed by atoms with van der Waals surface area (Å²) >= 11 is 0. The van der Waals surface area contributed by atoms with E-state index in [0.29, 0.717) is 6.42 Å². The van der Waals surface area contributed by atoms with Crippen LogP contribution < -0.4 is 5.32 Å². The molecule has 0 aliphatic carbocycles. The lowest BCUT2D eigenvalue weighted by molar-refractivity contribution is 0.630. The van der Waals surface area contributed by atoms with E-state index in [1.54, 1.807) is 0 Å². The third-order valence-electron chi connectivity index (χ3n) is 2.89. The van der Waals surface area contributed by atoms with E-state index in [2.05, 4.69) is 40.6 Å². The largest absolute Gasteiger partial charge is 0.361 e. The van der Waals surface area contributed by atoms with E-state index < -0.39 is 0 Å². The molecule has 17 heavy (non-hydrogen) atoms. The van der Waals surface area contributed by atoms with E-state index in [0.717, 1.165) is 25.9 Å². The number of rotatable bonds is 6. The zero-order valence-electron chi connectivity index (χ0n) is 9.87. The van der Waals surface area contributed by atoms with Gasteiger partial charge in [-0.25, -0.2) is 0 Å². The van der Waals surface area contributed by atoms with Crippen molar-refractivity contribution >= 4 is 10.9 Å². The van der Waals surface area contributed by atoms with Crippen LogP contribution in [0.3, 0.4) is 0 Å². The normalized spacial score (nSPS) is 10.5. The first-order valence-corrected chi connectivity index (χ1v) is 6.04. The molecule has 0 aliphatic rings. The standard InChI is InChI=1S/C14H17N3/c15-8-2-1-3-9-16-11-12-5-4-6-14-13(12)7-10-17-14/h4-7,10,16-17H,1-3,9,11H2. The van der Waals surface area contributed by atoms with Gasteiger partial charge >= 0.3 is 0 Å². The number of H-pyrrole nitrogens is 1. The second-order valence-corrected chi connectivity index (χ2v) is 4.15. The van der Waals surface area contributed by atoms with E-state index in [-0.39, 0.29) is 0 Å². The van der Waals surface area contributed by atoms with E-state index in [1.807, 2.05) is 6.20 Å². The summed E-state index contributed by atoms with van der Waals surface area (Å²) in [7, 11) is 0. The summed E-state index contributed by atoms with van der Waals surface area (Å²) in [5.74, 6) is 0. The highest BCUT2D eigenvalue weighted by Crippen LogP contribution is 2.16. The number of hydrogen-bond acceptors (Lipinski definition) is 2. The van der Waals surface area contributed by atoms with E-state index in [9.17, 15) is 0 Å². The molecule has 0 atom stereocenters. The maximum atomic E-state index is 8.42. The Bertz CT molecular complexity index is 507. The smallest absolute Gasteiger partial charge is 0.0621 e. The average Bonchev–Trinajstić information content (AvgIpc) is 2.82. The molecule has 0 aliphatic heterocycles. The summed E-state index contributed by atoms with van der Waals surface area (Å²) in [5.41, 5.74) is 2.51. The van der Waals surface area contributed by atoms with Gasteiger partial charge in [0.1, 0.15) is 0 Å². The minimum atomic E-state index is 0.662. The molecule has 0 radical (unpaired) electrons. The predicted molar refractivity (Wildman–Crippen MR) is 69.5 cm³/mol. The lowest BCUT2D eigenvalue weighted by Gasteiger charge is -2.05. The minimum absolute atomic E-state index is 0.662. The third-order valence-corrected chi connectivity index (χ3v) is 2.89. The lowest BCUT2D eigenvalue weighted by atomic mass is 10.1. The molecule has 0 unspecified atom stereocenters. The van der Waals surface area contributed by atoms with Crippen molar-refractivity contribution in [2.45, 2.75) is 25.8 Å². The van der Waals surface area contributed by atoms with Gasteiger partial charge in [-0.05, 0) is 37.1 Å². The van der Waals surface area contributed by atoms with Gasteiger partial charge in [-0.15, -0.1) is 0 Å². The van der Waals surface area contributed by atoms with Crippen LogP contribution in [0.1, 0.15) is 24.8 Å². The van der Waals surface area contributed by atoms with Crippen molar-refractivity contribution in [2.75, 3.05) is 6.54 Å². The molecular weight excluding hydrogens is 210 g/mol. The number of aromatic nitrogens is 1. The van der Waals surface area contributed by atoms with Gasteiger partial charge in [0.05, 0.1) is 6.07 Å². The van der Waals surface area contributed by atoms with Crippen molar-refractivity contribution in [1.29, 1.82) is 5.26 Å². The summed E-state index contributed by atoms with van der Waals surface area (Å²) in [6.07, 6.45) is 4.69. The van der Waals surface area contributed by atoms with E-state index in [4.69, 9.17) is 5.26 Å². The molecule has 0 spiro atoms. The van der Waals surface area contributed by atoms with Crippen molar-refractivity contribution in [1.82, 2.24) is 10.3 Å². The number of fused-ring (bicyclic) bond motifs is 1. The first-order valence-electron chi connectivity index (χ1n) is 6.04. The second kappa shape index (κ2) is 6.07. The molecule has 1 aromatic heterocycles. The molecule has 0 bridgehead atoms. The Morgan fingerprint density at radius 2 is 2.18 bits per heavy atom. The first-order chi connectivity index (χ1) is 8.42. The van der Waals surface area contributed by atoms with Gasteiger partial charge in [-0.3, -0.25) is 0 Å². The van der Waals surface area contributed by atoms with Gasteiger partial charge in [-0.1, -0.05) is 12.1 Å². The van der Waals surface area contributed by atoms with Crippen molar-refractivity contribution in [3.05, 3.63) is 36.0 Å². The molecule has 0 saturated heterocycles. The van der Waals surface area contributed by atoms with Crippen LogP contribution in [-0.2, 0) is 6.54 Å². The lowest BCUT2D eigenvalue weighted by Crippen LogP contribution is -2.14. The maximum Gasteiger partial charge on any atom is 0.0621 e. The third kappa shape index (κ3) is 3.08.